The number of thioether (sulfide) groups is 1. The Balaban J connectivity index is 0.00000180. The lowest BCUT2D eigenvalue weighted by Crippen LogP contribution is -2.44. The van der Waals surface area contributed by atoms with Crippen LogP contribution >= 0.6 is 35.8 Å². The van der Waals surface area contributed by atoms with Gasteiger partial charge in [-0.1, -0.05) is 29.8 Å². The Morgan fingerprint density at radius 1 is 1.53 bits per heavy atom. The van der Waals surface area contributed by atoms with E-state index in [1.165, 1.54) is 0 Å². The predicted molar refractivity (Wildman–Crippen MR) is 84.0 cm³/mol. The molecule has 3 nitrogen and oxygen atoms in total. The molecule has 1 atom stereocenters. The number of carbonyl (C=O) groups is 1. The molecule has 0 radical (unpaired) electrons. The Hall–Kier alpha value is -0.420. The third-order valence-corrected chi connectivity index (χ3v) is 4.34. The molecule has 0 spiro atoms. The van der Waals surface area contributed by atoms with E-state index in [1.54, 1.807) is 11.8 Å². The first kappa shape index (κ1) is 16.6. The van der Waals surface area contributed by atoms with Crippen LogP contribution in [0.15, 0.2) is 24.3 Å². The molecule has 1 fully saturated rings. The predicted octanol–water partition coefficient (Wildman–Crippen LogP) is 2.77. The van der Waals surface area contributed by atoms with Gasteiger partial charge in [-0.05, 0) is 18.6 Å². The molecular formula is C13H18Cl2N2OS. The Morgan fingerprint density at radius 2 is 2.26 bits per heavy atom. The molecule has 6 heteroatoms. The summed E-state index contributed by atoms with van der Waals surface area (Å²) in [4.78, 5) is 14.2. The van der Waals surface area contributed by atoms with E-state index in [9.17, 15) is 4.79 Å². The summed E-state index contributed by atoms with van der Waals surface area (Å²) >= 11 is 7.90. The maximum absolute atomic E-state index is 12.3. The van der Waals surface area contributed by atoms with Gasteiger partial charge < -0.3 is 4.90 Å². The van der Waals surface area contributed by atoms with Gasteiger partial charge in [-0.2, -0.15) is 0 Å². The first-order valence-electron chi connectivity index (χ1n) is 6.05. The molecule has 1 aromatic carbocycles. The third kappa shape index (κ3) is 4.28. The van der Waals surface area contributed by atoms with Crippen molar-refractivity contribution >= 4 is 41.7 Å². The number of amides is 1. The van der Waals surface area contributed by atoms with Gasteiger partial charge >= 0.3 is 0 Å². The Bertz CT molecular complexity index is 425. The molecule has 19 heavy (non-hydrogen) atoms. The highest BCUT2D eigenvalue weighted by molar-refractivity contribution is 7.99. The molecule has 0 aliphatic carbocycles. The molecule has 106 valence electrons. The van der Waals surface area contributed by atoms with Gasteiger partial charge in [0.25, 0.3) is 0 Å². The molecule has 1 aliphatic rings. The normalized spacial score (nSPS) is 17.9. The van der Waals surface area contributed by atoms with Crippen molar-refractivity contribution in [2.24, 2.45) is 0 Å². The van der Waals surface area contributed by atoms with Crippen LogP contribution in [0.2, 0.25) is 5.02 Å². The number of halogens is 2. The van der Waals surface area contributed by atoms with E-state index in [-0.39, 0.29) is 24.4 Å². The first-order valence-corrected chi connectivity index (χ1v) is 7.59. The van der Waals surface area contributed by atoms with Crippen LogP contribution < -0.4 is 5.32 Å². The molecule has 2 rings (SSSR count). The zero-order valence-electron chi connectivity index (χ0n) is 10.8. The van der Waals surface area contributed by atoms with Crippen LogP contribution in [0.4, 0.5) is 0 Å². The van der Waals surface area contributed by atoms with Crippen molar-refractivity contribution < 1.29 is 4.79 Å². The van der Waals surface area contributed by atoms with Crippen LogP contribution in [-0.4, -0.2) is 35.0 Å². The van der Waals surface area contributed by atoms with Gasteiger partial charge in [-0.25, -0.2) is 0 Å². The standard InChI is InChI=1S/C13H17ClN2OS.ClH/c1-2-16(13(17)12-8-18-9-15-12)7-10-5-3-4-6-11(10)14;/h3-6,12,15H,2,7-9H2,1H3;1H. The Kier molecular flexibility index (Phi) is 7.00. The monoisotopic (exact) mass is 320 g/mol. The number of nitrogens with one attached hydrogen (secondary N) is 1. The highest BCUT2D eigenvalue weighted by Crippen LogP contribution is 2.18. The smallest absolute Gasteiger partial charge is 0.240 e. The lowest BCUT2D eigenvalue weighted by Gasteiger charge is -2.24. The summed E-state index contributed by atoms with van der Waals surface area (Å²) in [6.45, 7) is 3.28. The second-order valence-electron chi connectivity index (χ2n) is 4.22. The summed E-state index contributed by atoms with van der Waals surface area (Å²) < 4.78 is 0. The fraction of sp³-hybridized carbons (Fsp3) is 0.462. The van der Waals surface area contributed by atoms with E-state index in [0.29, 0.717) is 13.1 Å². The molecule has 1 aromatic rings. The zero-order valence-corrected chi connectivity index (χ0v) is 13.2. The number of likely N-dealkylation sites (N-methyl/N-ethyl adjacent to an activating group) is 1. The van der Waals surface area contributed by atoms with Gasteiger partial charge in [0.1, 0.15) is 0 Å². The molecule has 0 aromatic heterocycles. The number of benzene rings is 1. The Morgan fingerprint density at radius 3 is 2.84 bits per heavy atom. The summed E-state index contributed by atoms with van der Waals surface area (Å²) in [6.07, 6.45) is 0. The van der Waals surface area contributed by atoms with Gasteiger partial charge in [0.05, 0.1) is 6.04 Å². The van der Waals surface area contributed by atoms with Crippen molar-refractivity contribution in [3.63, 3.8) is 0 Å². The quantitative estimate of drug-likeness (QED) is 0.925. The van der Waals surface area contributed by atoms with Crippen LogP contribution in [0.5, 0.6) is 0 Å². The summed E-state index contributed by atoms with van der Waals surface area (Å²) in [5.74, 6) is 1.89. The minimum absolute atomic E-state index is 0. The minimum Gasteiger partial charge on any atom is -0.337 e. The number of rotatable bonds is 4. The first-order chi connectivity index (χ1) is 8.72. The molecule has 1 aliphatic heterocycles. The summed E-state index contributed by atoms with van der Waals surface area (Å²) in [5.41, 5.74) is 1.00. The van der Waals surface area contributed by atoms with E-state index in [0.717, 1.165) is 22.2 Å². The van der Waals surface area contributed by atoms with Gasteiger partial charge in [0.2, 0.25) is 5.91 Å². The summed E-state index contributed by atoms with van der Waals surface area (Å²) in [7, 11) is 0. The number of hydrogen-bond acceptors (Lipinski definition) is 3. The van der Waals surface area contributed by atoms with Crippen molar-refractivity contribution in [2.75, 3.05) is 18.2 Å². The van der Waals surface area contributed by atoms with Crippen LogP contribution in [0.3, 0.4) is 0 Å². The maximum atomic E-state index is 12.3. The van der Waals surface area contributed by atoms with E-state index in [4.69, 9.17) is 11.6 Å². The molecule has 0 bridgehead atoms. The molecular weight excluding hydrogens is 303 g/mol. The Labute approximate surface area is 129 Å². The fourth-order valence-corrected chi connectivity index (χ4v) is 3.08. The fourth-order valence-electron chi connectivity index (χ4n) is 1.95. The van der Waals surface area contributed by atoms with Crippen molar-refractivity contribution in [1.82, 2.24) is 10.2 Å². The van der Waals surface area contributed by atoms with Crippen molar-refractivity contribution in [3.05, 3.63) is 34.9 Å². The van der Waals surface area contributed by atoms with Gasteiger partial charge in [0, 0.05) is 29.7 Å². The highest BCUT2D eigenvalue weighted by atomic mass is 35.5. The number of carbonyl (C=O) groups excluding carboxylic acids is 1. The summed E-state index contributed by atoms with van der Waals surface area (Å²) in [5, 5.41) is 3.93. The second kappa shape index (κ2) is 8.00. The largest absolute Gasteiger partial charge is 0.337 e. The van der Waals surface area contributed by atoms with Gasteiger partial charge in [0.15, 0.2) is 0 Å². The van der Waals surface area contributed by atoms with Crippen molar-refractivity contribution in [2.45, 2.75) is 19.5 Å². The lowest BCUT2D eigenvalue weighted by atomic mass is 10.2. The summed E-state index contributed by atoms with van der Waals surface area (Å²) in [6, 6.07) is 7.63. The third-order valence-electron chi connectivity index (χ3n) is 3.03. The molecule has 1 unspecified atom stereocenters. The molecule has 1 amide bonds. The van der Waals surface area contributed by atoms with Crippen molar-refractivity contribution in [1.29, 1.82) is 0 Å². The van der Waals surface area contributed by atoms with E-state index in [1.807, 2.05) is 36.1 Å². The molecule has 1 heterocycles. The number of hydrogen-bond donors (Lipinski definition) is 1. The minimum atomic E-state index is -0.0440. The van der Waals surface area contributed by atoms with Crippen LogP contribution in [0.25, 0.3) is 0 Å². The lowest BCUT2D eigenvalue weighted by molar-refractivity contribution is -0.133. The maximum Gasteiger partial charge on any atom is 0.240 e. The van der Waals surface area contributed by atoms with Gasteiger partial charge in [-0.15, -0.1) is 24.2 Å². The molecule has 1 N–H and O–H groups in total. The van der Waals surface area contributed by atoms with E-state index >= 15 is 0 Å². The van der Waals surface area contributed by atoms with Gasteiger partial charge in [-0.3, -0.25) is 10.1 Å². The van der Waals surface area contributed by atoms with Crippen LogP contribution in [-0.2, 0) is 11.3 Å². The number of nitrogens with zero attached hydrogens (tertiary/aromatic N) is 1. The molecule has 0 saturated carbocycles. The van der Waals surface area contributed by atoms with Crippen LogP contribution in [0.1, 0.15) is 12.5 Å². The second-order valence-corrected chi connectivity index (χ2v) is 5.65. The average molecular weight is 321 g/mol. The van der Waals surface area contributed by atoms with E-state index in [2.05, 4.69) is 5.32 Å². The SMILES string of the molecule is CCN(Cc1ccccc1Cl)C(=O)C1CSCN1.Cl. The zero-order chi connectivity index (χ0) is 13.0. The average Bonchev–Trinajstić information content (AvgIpc) is 2.91. The van der Waals surface area contributed by atoms with Crippen molar-refractivity contribution in [3.8, 4) is 0 Å². The molecule has 1 saturated heterocycles. The highest BCUT2D eigenvalue weighted by Gasteiger charge is 2.26. The van der Waals surface area contributed by atoms with Crippen LogP contribution in [0, 0.1) is 0 Å². The van der Waals surface area contributed by atoms with E-state index < -0.39 is 0 Å². The topological polar surface area (TPSA) is 32.3 Å².